The molecule has 0 heterocycles. The molecule has 0 saturated heterocycles. The average molecular weight is 257 g/mol. The van der Waals surface area contributed by atoms with Crippen LogP contribution in [0.2, 0.25) is 5.02 Å². The number of Topliss-reactive ketones (excluding diaryl/α,β-unsaturated/α-hetero) is 1. The van der Waals surface area contributed by atoms with Crippen LogP contribution < -0.4 is 4.74 Å². The molecule has 16 heavy (non-hydrogen) atoms. The Morgan fingerprint density at radius 2 is 1.94 bits per heavy atom. The Morgan fingerprint density at radius 3 is 2.38 bits per heavy atom. The van der Waals surface area contributed by atoms with E-state index >= 15 is 0 Å². The summed E-state index contributed by atoms with van der Waals surface area (Å²) >= 11 is 5.32. The van der Waals surface area contributed by atoms with E-state index in [1.165, 1.54) is 0 Å². The van der Waals surface area contributed by atoms with E-state index in [9.17, 15) is 22.4 Å². The molecule has 7 heteroatoms. The van der Waals surface area contributed by atoms with Gasteiger partial charge in [0.15, 0.2) is 17.3 Å². The Labute approximate surface area is 92.8 Å². The van der Waals surface area contributed by atoms with Crippen LogP contribution in [0.15, 0.2) is 12.1 Å². The number of rotatable bonds is 2. The molecule has 1 aromatic rings. The molecule has 0 atom stereocenters. The van der Waals surface area contributed by atoms with Crippen LogP contribution >= 0.6 is 11.6 Å². The summed E-state index contributed by atoms with van der Waals surface area (Å²) < 4.78 is 52.1. The Kier molecular flexibility index (Phi) is 3.42. The van der Waals surface area contributed by atoms with Gasteiger partial charge in [-0.2, -0.15) is 0 Å². The zero-order valence-corrected chi connectivity index (χ0v) is 8.62. The number of carbonyl (C=O) groups excluding carboxylic acids is 1. The van der Waals surface area contributed by atoms with Crippen molar-refractivity contribution in [2.45, 2.75) is 13.3 Å². The lowest BCUT2D eigenvalue weighted by Crippen LogP contribution is -2.18. The van der Waals surface area contributed by atoms with Crippen molar-refractivity contribution in [3.8, 4) is 5.75 Å². The maximum atomic E-state index is 13.1. The number of ketones is 1. The Hall–Kier alpha value is -1.30. The summed E-state index contributed by atoms with van der Waals surface area (Å²) in [6.07, 6.45) is -5.04. The maximum absolute atomic E-state index is 13.1. The topological polar surface area (TPSA) is 26.3 Å². The second-order valence-corrected chi connectivity index (χ2v) is 3.28. The molecule has 0 fully saturated rings. The van der Waals surface area contributed by atoms with Crippen LogP contribution in [0.3, 0.4) is 0 Å². The van der Waals surface area contributed by atoms with Crippen molar-refractivity contribution in [3.05, 3.63) is 28.5 Å². The van der Waals surface area contributed by atoms with Crippen LogP contribution in [0.5, 0.6) is 5.75 Å². The fourth-order valence-electron chi connectivity index (χ4n) is 0.966. The third kappa shape index (κ3) is 3.10. The number of benzene rings is 1. The highest BCUT2D eigenvalue weighted by Gasteiger charge is 2.33. The molecule has 0 aliphatic heterocycles. The summed E-state index contributed by atoms with van der Waals surface area (Å²) in [6, 6.07) is 1.58. The predicted molar refractivity (Wildman–Crippen MR) is 48.1 cm³/mol. The molecular formula is C9H5ClF4O2. The summed E-state index contributed by atoms with van der Waals surface area (Å²) in [5, 5.41) is -0.605. The van der Waals surface area contributed by atoms with Crippen LogP contribution in [0.4, 0.5) is 17.6 Å². The molecule has 0 bridgehead atoms. The molecule has 0 N–H and O–H groups in total. The predicted octanol–water partition coefficient (Wildman–Crippen LogP) is 3.58. The minimum atomic E-state index is -5.04. The molecule has 0 aromatic heterocycles. The first kappa shape index (κ1) is 12.8. The van der Waals surface area contributed by atoms with Crippen LogP contribution in [-0.2, 0) is 0 Å². The molecule has 1 rings (SSSR count). The van der Waals surface area contributed by atoms with E-state index in [4.69, 9.17) is 11.6 Å². The van der Waals surface area contributed by atoms with Gasteiger partial charge >= 0.3 is 6.36 Å². The fourth-order valence-corrected chi connectivity index (χ4v) is 1.18. The van der Waals surface area contributed by atoms with Crippen LogP contribution in [0, 0.1) is 5.82 Å². The lowest BCUT2D eigenvalue weighted by molar-refractivity contribution is -0.275. The van der Waals surface area contributed by atoms with Gasteiger partial charge < -0.3 is 4.74 Å². The molecule has 1 aromatic carbocycles. The number of hydrogen-bond donors (Lipinski definition) is 0. The van der Waals surface area contributed by atoms with E-state index in [1.54, 1.807) is 0 Å². The third-order valence-electron chi connectivity index (χ3n) is 1.63. The first-order chi connectivity index (χ1) is 7.20. The summed E-state index contributed by atoms with van der Waals surface area (Å²) in [5.74, 6) is -3.02. The van der Waals surface area contributed by atoms with E-state index in [1.807, 2.05) is 0 Å². The van der Waals surface area contributed by atoms with E-state index in [-0.39, 0.29) is 5.56 Å². The largest absolute Gasteiger partial charge is 0.573 e. The van der Waals surface area contributed by atoms with Gasteiger partial charge in [-0.05, 0) is 19.1 Å². The van der Waals surface area contributed by atoms with Crippen LogP contribution in [0.1, 0.15) is 17.3 Å². The van der Waals surface area contributed by atoms with Gasteiger partial charge in [-0.1, -0.05) is 11.6 Å². The monoisotopic (exact) mass is 256 g/mol. The van der Waals surface area contributed by atoms with Crippen LogP contribution in [0.25, 0.3) is 0 Å². The van der Waals surface area contributed by atoms with Gasteiger partial charge in [-0.3, -0.25) is 4.79 Å². The van der Waals surface area contributed by atoms with Crippen molar-refractivity contribution in [2.24, 2.45) is 0 Å². The van der Waals surface area contributed by atoms with E-state index in [0.717, 1.165) is 13.0 Å². The van der Waals surface area contributed by atoms with Gasteiger partial charge in [-0.15, -0.1) is 13.2 Å². The number of halogens is 5. The second kappa shape index (κ2) is 4.29. The number of hydrogen-bond acceptors (Lipinski definition) is 2. The zero-order valence-electron chi connectivity index (χ0n) is 7.86. The van der Waals surface area contributed by atoms with Gasteiger partial charge in [0.1, 0.15) is 0 Å². The maximum Gasteiger partial charge on any atom is 0.573 e. The van der Waals surface area contributed by atoms with Crippen molar-refractivity contribution in [1.29, 1.82) is 0 Å². The van der Waals surface area contributed by atoms with E-state index in [2.05, 4.69) is 4.74 Å². The molecule has 0 amide bonds. The average Bonchev–Trinajstić information content (AvgIpc) is 2.10. The first-order valence-electron chi connectivity index (χ1n) is 3.96. The molecule has 0 aliphatic rings. The van der Waals surface area contributed by atoms with Crippen molar-refractivity contribution >= 4 is 17.4 Å². The van der Waals surface area contributed by atoms with Crippen LogP contribution in [-0.4, -0.2) is 12.1 Å². The minimum Gasteiger partial charge on any atom is -0.403 e. The Bertz CT molecular complexity index is 428. The SMILES string of the molecule is CC(=O)c1cc(Cl)c(F)c(OC(F)(F)F)c1. The van der Waals surface area contributed by atoms with Gasteiger partial charge in [0.05, 0.1) is 5.02 Å². The summed E-state index contributed by atoms with van der Waals surface area (Å²) in [6.45, 7) is 1.11. The smallest absolute Gasteiger partial charge is 0.403 e. The number of ether oxygens (including phenoxy) is 1. The number of alkyl halides is 3. The van der Waals surface area contributed by atoms with Crippen molar-refractivity contribution in [1.82, 2.24) is 0 Å². The molecule has 2 nitrogen and oxygen atoms in total. The molecule has 0 saturated carbocycles. The highest BCUT2D eigenvalue weighted by Crippen LogP contribution is 2.31. The Morgan fingerprint density at radius 1 is 1.38 bits per heavy atom. The first-order valence-corrected chi connectivity index (χ1v) is 4.34. The quantitative estimate of drug-likeness (QED) is 0.597. The molecular weight excluding hydrogens is 252 g/mol. The van der Waals surface area contributed by atoms with E-state index < -0.39 is 28.7 Å². The summed E-state index contributed by atoms with van der Waals surface area (Å²) in [5.41, 5.74) is -0.161. The van der Waals surface area contributed by atoms with Gasteiger partial charge in [0, 0.05) is 5.56 Å². The summed E-state index contributed by atoms with van der Waals surface area (Å²) in [7, 11) is 0. The highest BCUT2D eigenvalue weighted by molar-refractivity contribution is 6.31. The van der Waals surface area contributed by atoms with E-state index in [0.29, 0.717) is 6.07 Å². The third-order valence-corrected chi connectivity index (χ3v) is 1.90. The molecule has 0 radical (unpaired) electrons. The minimum absolute atomic E-state index is 0.161. The lowest BCUT2D eigenvalue weighted by Gasteiger charge is -2.11. The van der Waals surface area contributed by atoms with Crippen molar-refractivity contribution in [3.63, 3.8) is 0 Å². The van der Waals surface area contributed by atoms with Gasteiger partial charge in [-0.25, -0.2) is 4.39 Å². The highest BCUT2D eigenvalue weighted by atomic mass is 35.5. The number of carbonyl (C=O) groups is 1. The standard InChI is InChI=1S/C9H5ClF4O2/c1-4(15)5-2-6(10)8(11)7(3-5)16-9(12,13)14/h2-3H,1H3. The lowest BCUT2D eigenvalue weighted by atomic mass is 10.1. The van der Waals surface area contributed by atoms with Gasteiger partial charge in [0.2, 0.25) is 0 Å². The molecule has 0 aliphatic carbocycles. The zero-order chi connectivity index (χ0) is 12.5. The molecule has 0 spiro atoms. The second-order valence-electron chi connectivity index (χ2n) is 2.87. The normalized spacial score (nSPS) is 11.4. The van der Waals surface area contributed by atoms with Crippen molar-refractivity contribution in [2.75, 3.05) is 0 Å². The summed E-state index contributed by atoms with van der Waals surface area (Å²) in [4.78, 5) is 10.9. The van der Waals surface area contributed by atoms with Crippen molar-refractivity contribution < 1.29 is 27.1 Å². The Balaban J connectivity index is 3.22. The fraction of sp³-hybridized carbons (Fsp3) is 0.222. The molecule has 88 valence electrons. The molecule has 0 unspecified atom stereocenters. The van der Waals surface area contributed by atoms with Gasteiger partial charge in [0.25, 0.3) is 0 Å².